The molecule has 0 aliphatic carbocycles. The predicted molar refractivity (Wildman–Crippen MR) is 115 cm³/mol. The second-order valence-corrected chi connectivity index (χ2v) is 8.98. The molecule has 3 aromatic carbocycles. The Morgan fingerprint density at radius 1 is 0.967 bits per heavy atom. The molecular weight excluding hydrogens is 404 g/mol. The SMILES string of the molecule is CCS(=O)(=O)c1ccc(O)c(NC(=O)CCNC(=O)c2ccc3ccccc3c2)c1. The van der Waals surface area contributed by atoms with Crippen molar-refractivity contribution in [1.29, 1.82) is 0 Å². The van der Waals surface area contributed by atoms with Crippen LogP contribution in [-0.2, 0) is 14.6 Å². The number of hydrogen-bond donors (Lipinski definition) is 3. The molecule has 3 aromatic rings. The van der Waals surface area contributed by atoms with Crippen LogP contribution in [-0.4, -0.2) is 37.6 Å². The van der Waals surface area contributed by atoms with Gasteiger partial charge < -0.3 is 15.7 Å². The molecule has 0 aliphatic heterocycles. The number of benzene rings is 3. The van der Waals surface area contributed by atoms with Gasteiger partial charge in [-0.15, -0.1) is 0 Å². The van der Waals surface area contributed by atoms with Crippen LogP contribution in [0, 0.1) is 0 Å². The van der Waals surface area contributed by atoms with E-state index in [1.54, 1.807) is 12.1 Å². The maximum Gasteiger partial charge on any atom is 0.251 e. The highest BCUT2D eigenvalue weighted by atomic mass is 32.2. The maximum atomic E-state index is 12.3. The Hall–Kier alpha value is -3.39. The molecule has 0 aromatic heterocycles. The van der Waals surface area contributed by atoms with Crippen molar-refractivity contribution in [2.45, 2.75) is 18.2 Å². The third-order valence-electron chi connectivity index (χ3n) is 4.63. The highest BCUT2D eigenvalue weighted by Gasteiger charge is 2.15. The van der Waals surface area contributed by atoms with Crippen LogP contribution in [0.2, 0.25) is 0 Å². The van der Waals surface area contributed by atoms with Crippen molar-refractivity contribution in [2.24, 2.45) is 0 Å². The van der Waals surface area contributed by atoms with Gasteiger partial charge >= 0.3 is 0 Å². The van der Waals surface area contributed by atoms with Gasteiger partial charge in [-0.25, -0.2) is 8.42 Å². The molecule has 3 rings (SSSR count). The number of amides is 2. The van der Waals surface area contributed by atoms with E-state index in [0.717, 1.165) is 10.8 Å². The van der Waals surface area contributed by atoms with Crippen LogP contribution < -0.4 is 10.6 Å². The quantitative estimate of drug-likeness (QED) is 0.503. The van der Waals surface area contributed by atoms with Gasteiger partial charge in [-0.2, -0.15) is 0 Å². The molecule has 7 nitrogen and oxygen atoms in total. The molecule has 0 heterocycles. The predicted octanol–water partition coefficient (Wildman–Crippen LogP) is 3.10. The number of rotatable bonds is 7. The van der Waals surface area contributed by atoms with Crippen LogP contribution in [0.15, 0.2) is 65.6 Å². The first-order valence-electron chi connectivity index (χ1n) is 9.43. The molecule has 0 radical (unpaired) electrons. The summed E-state index contributed by atoms with van der Waals surface area (Å²) in [4.78, 5) is 24.5. The molecule has 30 heavy (non-hydrogen) atoms. The lowest BCUT2D eigenvalue weighted by Crippen LogP contribution is -2.27. The van der Waals surface area contributed by atoms with Crippen molar-refractivity contribution >= 4 is 38.1 Å². The summed E-state index contributed by atoms with van der Waals surface area (Å²) >= 11 is 0. The Labute approximate surface area is 174 Å². The second kappa shape index (κ2) is 8.96. The van der Waals surface area contributed by atoms with Crippen molar-refractivity contribution in [3.8, 4) is 5.75 Å². The lowest BCUT2D eigenvalue weighted by atomic mass is 10.1. The Bertz CT molecular complexity index is 1210. The Kier molecular flexibility index (Phi) is 6.37. The Morgan fingerprint density at radius 3 is 2.43 bits per heavy atom. The summed E-state index contributed by atoms with van der Waals surface area (Å²) in [6.07, 6.45) is -0.0382. The average molecular weight is 426 g/mol. The number of aromatic hydroxyl groups is 1. The number of fused-ring (bicyclic) bond motifs is 1. The van der Waals surface area contributed by atoms with Crippen LogP contribution >= 0.6 is 0 Å². The van der Waals surface area contributed by atoms with Crippen LogP contribution in [0.25, 0.3) is 10.8 Å². The van der Waals surface area contributed by atoms with E-state index in [1.165, 1.54) is 25.1 Å². The highest BCUT2D eigenvalue weighted by Crippen LogP contribution is 2.27. The third-order valence-corrected chi connectivity index (χ3v) is 6.36. The molecule has 0 saturated carbocycles. The molecule has 0 atom stereocenters. The molecule has 0 spiro atoms. The number of carbonyl (C=O) groups is 2. The number of phenolic OH excluding ortho intramolecular Hbond substituents is 1. The smallest absolute Gasteiger partial charge is 0.251 e. The summed E-state index contributed by atoms with van der Waals surface area (Å²) in [7, 11) is -3.47. The van der Waals surface area contributed by atoms with Gasteiger partial charge in [0.05, 0.1) is 16.3 Å². The van der Waals surface area contributed by atoms with Crippen LogP contribution in [0.1, 0.15) is 23.7 Å². The zero-order valence-corrected chi connectivity index (χ0v) is 17.2. The monoisotopic (exact) mass is 426 g/mol. The van der Waals surface area contributed by atoms with Gasteiger partial charge in [0.15, 0.2) is 9.84 Å². The summed E-state index contributed by atoms with van der Waals surface area (Å²) in [6.45, 7) is 1.60. The van der Waals surface area contributed by atoms with Crippen LogP contribution in [0.5, 0.6) is 5.75 Å². The topological polar surface area (TPSA) is 113 Å². The second-order valence-electron chi connectivity index (χ2n) is 6.70. The summed E-state index contributed by atoms with van der Waals surface area (Å²) in [5.41, 5.74) is 0.500. The van der Waals surface area contributed by atoms with Gasteiger partial charge in [0.25, 0.3) is 5.91 Å². The Balaban J connectivity index is 1.58. The fourth-order valence-electron chi connectivity index (χ4n) is 2.91. The van der Waals surface area contributed by atoms with Crippen molar-refractivity contribution < 1.29 is 23.1 Å². The first kappa shape index (κ1) is 21.3. The number of hydrogen-bond acceptors (Lipinski definition) is 5. The van der Waals surface area contributed by atoms with Crippen molar-refractivity contribution in [1.82, 2.24) is 5.32 Å². The van der Waals surface area contributed by atoms with E-state index in [1.807, 2.05) is 30.3 Å². The highest BCUT2D eigenvalue weighted by molar-refractivity contribution is 7.91. The minimum absolute atomic E-state index is 0.00961. The number of carbonyl (C=O) groups excluding carboxylic acids is 2. The third kappa shape index (κ3) is 4.96. The molecule has 0 fully saturated rings. The van der Waals surface area contributed by atoms with Gasteiger partial charge in [0.2, 0.25) is 5.91 Å². The molecule has 156 valence electrons. The summed E-state index contributed by atoms with van der Waals surface area (Å²) in [5, 5.41) is 17.0. The standard InChI is InChI=1S/C22H22N2O5S/c1-2-30(28,29)18-9-10-20(25)19(14-18)24-21(26)11-12-23-22(27)17-8-7-15-5-3-4-6-16(15)13-17/h3-10,13-14,25H,2,11-12H2,1H3,(H,23,27)(H,24,26). The lowest BCUT2D eigenvalue weighted by Gasteiger charge is -2.10. The number of phenols is 1. The molecule has 8 heteroatoms. The first-order chi connectivity index (χ1) is 14.3. The summed E-state index contributed by atoms with van der Waals surface area (Å²) in [6, 6.07) is 16.8. The van der Waals surface area contributed by atoms with E-state index < -0.39 is 15.7 Å². The van der Waals surface area contributed by atoms with E-state index in [0.29, 0.717) is 5.56 Å². The summed E-state index contributed by atoms with van der Waals surface area (Å²) in [5.74, 6) is -1.09. The number of anilines is 1. The fraction of sp³-hybridized carbons (Fsp3) is 0.182. The minimum Gasteiger partial charge on any atom is -0.506 e. The van der Waals surface area contributed by atoms with E-state index in [2.05, 4.69) is 10.6 Å². The minimum atomic E-state index is -3.47. The van der Waals surface area contributed by atoms with Crippen molar-refractivity contribution in [3.05, 3.63) is 66.2 Å². The van der Waals surface area contributed by atoms with E-state index in [9.17, 15) is 23.1 Å². The molecule has 2 amide bonds. The van der Waals surface area contributed by atoms with Crippen LogP contribution in [0.3, 0.4) is 0 Å². The van der Waals surface area contributed by atoms with E-state index in [-0.39, 0.29) is 41.0 Å². The van der Waals surface area contributed by atoms with Crippen molar-refractivity contribution in [3.63, 3.8) is 0 Å². The normalized spacial score (nSPS) is 11.2. The first-order valence-corrected chi connectivity index (χ1v) is 11.1. The molecule has 0 unspecified atom stereocenters. The van der Waals surface area contributed by atoms with Gasteiger partial charge in [-0.3, -0.25) is 9.59 Å². The van der Waals surface area contributed by atoms with E-state index in [4.69, 9.17) is 0 Å². The van der Waals surface area contributed by atoms with Crippen molar-refractivity contribution in [2.75, 3.05) is 17.6 Å². The van der Waals surface area contributed by atoms with Gasteiger partial charge in [0.1, 0.15) is 5.75 Å². The maximum absolute atomic E-state index is 12.3. The molecule has 3 N–H and O–H groups in total. The zero-order valence-electron chi connectivity index (χ0n) is 16.4. The van der Waals surface area contributed by atoms with Crippen LogP contribution in [0.4, 0.5) is 5.69 Å². The molecule has 0 aliphatic rings. The average Bonchev–Trinajstić information content (AvgIpc) is 2.74. The van der Waals surface area contributed by atoms with Gasteiger partial charge in [-0.05, 0) is 41.1 Å². The fourth-order valence-corrected chi connectivity index (χ4v) is 3.82. The van der Waals surface area contributed by atoms with Gasteiger partial charge in [0, 0.05) is 18.5 Å². The molecule has 0 bridgehead atoms. The zero-order chi connectivity index (χ0) is 21.7. The Morgan fingerprint density at radius 2 is 1.70 bits per heavy atom. The van der Waals surface area contributed by atoms with E-state index >= 15 is 0 Å². The number of nitrogens with one attached hydrogen (secondary N) is 2. The summed E-state index contributed by atoms with van der Waals surface area (Å²) < 4.78 is 23.9. The lowest BCUT2D eigenvalue weighted by molar-refractivity contribution is -0.116. The molecular formula is C22H22N2O5S. The largest absolute Gasteiger partial charge is 0.506 e. The number of sulfone groups is 1. The van der Waals surface area contributed by atoms with Gasteiger partial charge in [-0.1, -0.05) is 37.3 Å². The molecule has 0 saturated heterocycles.